The molecule has 1 fully saturated rings. The average Bonchev–Trinajstić information content (AvgIpc) is 2.35. The quantitative estimate of drug-likeness (QED) is 0.464. The van der Waals surface area contributed by atoms with E-state index >= 15 is 0 Å². The van der Waals surface area contributed by atoms with E-state index in [1.165, 1.54) is 24.0 Å². The van der Waals surface area contributed by atoms with Gasteiger partial charge in [0.2, 0.25) is 0 Å². The molecule has 2 heteroatoms. The highest BCUT2D eigenvalue weighted by atomic mass is 16.7. The minimum atomic E-state index is 0.0615. The van der Waals surface area contributed by atoms with Crippen LogP contribution in [-0.2, 0) is 9.47 Å². The van der Waals surface area contributed by atoms with Gasteiger partial charge in [-0.25, -0.2) is 0 Å². The highest BCUT2D eigenvalue weighted by Gasteiger charge is 2.13. The minimum Gasteiger partial charge on any atom is -0.353 e. The average molecular weight is 252 g/mol. The van der Waals surface area contributed by atoms with E-state index < -0.39 is 0 Å². The molecule has 104 valence electrons. The molecule has 0 bridgehead atoms. The number of allylic oxidation sites excluding steroid dienone is 3. The zero-order valence-corrected chi connectivity index (χ0v) is 12.0. The molecule has 0 N–H and O–H groups in total. The number of hydrogen-bond donors (Lipinski definition) is 0. The van der Waals surface area contributed by atoms with Gasteiger partial charge in [-0.2, -0.15) is 0 Å². The Balaban J connectivity index is 2.00. The monoisotopic (exact) mass is 252 g/mol. The summed E-state index contributed by atoms with van der Waals surface area (Å²) in [6.45, 7) is 9.89. The van der Waals surface area contributed by atoms with Crippen LogP contribution < -0.4 is 0 Å². The van der Waals surface area contributed by atoms with Crippen molar-refractivity contribution in [3.8, 4) is 0 Å². The van der Waals surface area contributed by atoms with Crippen molar-refractivity contribution < 1.29 is 9.47 Å². The first-order chi connectivity index (χ1) is 8.68. The van der Waals surface area contributed by atoms with E-state index in [9.17, 15) is 0 Å². The van der Waals surface area contributed by atoms with Gasteiger partial charge < -0.3 is 9.47 Å². The molecule has 1 aliphatic rings. The van der Waals surface area contributed by atoms with Gasteiger partial charge in [0.1, 0.15) is 0 Å². The first kappa shape index (κ1) is 15.5. The first-order valence-electron chi connectivity index (χ1n) is 7.21. The van der Waals surface area contributed by atoms with E-state index in [1.807, 2.05) is 0 Å². The summed E-state index contributed by atoms with van der Waals surface area (Å²) in [7, 11) is 0. The molecule has 0 amide bonds. The summed E-state index contributed by atoms with van der Waals surface area (Å²) in [5.41, 5.74) is 2.72. The lowest BCUT2D eigenvalue weighted by Crippen LogP contribution is -2.22. The van der Waals surface area contributed by atoms with Gasteiger partial charge in [0.25, 0.3) is 0 Å². The van der Waals surface area contributed by atoms with Crippen molar-refractivity contribution in [1.29, 1.82) is 0 Å². The lowest BCUT2D eigenvalue weighted by molar-refractivity contribution is -0.162. The van der Waals surface area contributed by atoms with Gasteiger partial charge in [0.15, 0.2) is 6.29 Å². The molecule has 18 heavy (non-hydrogen) atoms. The van der Waals surface area contributed by atoms with E-state index in [0.29, 0.717) is 0 Å². The SMILES string of the molecule is C=C(C)CC/C=C(\C)CCCOC1CCCCO1. The summed E-state index contributed by atoms with van der Waals surface area (Å²) >= 11 is 0. The van der Waals surface area contributed by atoms with Crippen LogP contribution in [0.3, 0.4) is 0 Å². The zero-order chi connectivity index (χ0) is 13.2. The van der Waals surface area contributed by atoms with E-state index in [2.05, 4.69) is 26.5 Å². The van der Waals surface area contributed by atoms with E-state index in [4.69, 9.17) is 9.47 Å². The third kappa shape index (κ3) is 7.67. The molecular formula is C16H28O2. The standard InChI is InChI=1S/C16H28O2/c1-14(2)8-6-9-15(3)10-7-13-18-16-11-4-5-12-17-16/h9,16H,1,4-8,10-13H2,2-3H3/b15-9+. The van der Waals surface area contributed by atoms with Crippen LogP contribution in [0, 0.1) is 0 Å². The fourth-order valence-corrected chi connectivity index (χ4v) is 2.08. The molecule has 0 radical (unpaired) electrons. The van der Waals surface area contributed by atoms with Crippen LogP contribution in [0.25, 0.3) is 0 Å². The Hall–Kier alpha value is -0.600. The Morgan fingerprint density at radius 3 is 2.83 bits per heavy atom. The van der Waals surface area contributed by atoms with Crippen molar-refractivity contribution in [3.63, 3.8) is 0 Å². The Labute approximate surface area is 112 Å². The largest absolute Gasteiger partial charge is 0.353 e. The topological polar surface area (TPSA) is 18.5 Å². The number of hydrogen-bond acceptors (Lipinski definition) is 2. The number of ether oxygens (including phenoxy) is 2. The maximum absolute atomic E-state index is 5.71. The van der Waals surface area contributed by atoms with E-state index in [1.54, 1.807) is 0 Å². The van der Waals surface area contributed by atoms with Crippen LogP contribution in [0.1, 0.15) is 58.8 Å². The highest BCUT2D eigenvalue weighted by Crippen LogP contribution is 2.15. The molecule has 0 aliphatic carbocycles. The van der Waals surface area contributed by atoms with Gasteiger partial charge in [-0.05, 0) is 58.8 Å². The summed E-state index contributed by atoms with van der Waals surface area (Å²) in [5, 5.41) is 0. The molecule has 2 nitrogen and oxygen atoms in total. The van der Waals surface area contributed by atoms with Gasteiger partial charge in [0, 0.05) is 6.61 Å². The fourth-order valence-electron chi connectivity index (χ4n) is 2.08. The van der Waals surface area contributed by atoms with Crippen molar-refractivity contribution in [3.05, 3.63) is 23.8 Å². The van der Waals surface area contributed by atoms with Crippen molar-refractivity contribution in [1.82, 2.24) is 0 Å². The molecule has 1 rings (SSSR count). The lowest BCUT2D eigenvalue weighted by Gasteiger charge is -2.22. The summed E-state index contributed by atoms with van der Waals surface area (Å²) in [5.74, 6) is 0. The van der Waals surface area contributed by atoms with Gasteiger partial charge in [-0.1, -0.05) is 17.2 Å². The van der Waals surface area contributed by atoms with Crippen molar-refractivity contribution >= 4 is 0 Å². The number of rotatable bonds is 8. The first-order valence-corrected chi connectivity index (χ1v) is 7.21. The molecule has 0 spiro atoms. The van der Waals surface area contributed by atoms with Gasteiger partial charge >= 0.3 is 0 Å². The molecular weight excluding hydrogens is 224 g/mol. The summed E-state index contributed by atoms with van der Waals surface area (Å²) in [6.07, 6.45) is 10.3. The normalized spacial score (nSPS) is 21.0. The molecule has 1 aliphatic heterocycles. The maximum atomic E-state index is 5.71. The predicted octanol–water partition coefficient (Wildman–Crippen LogP) is 4.61. The third-order valence-corrected chi connectivity index (χ3v) is 3.22. The molecule has 0 aromatic rings. The second-order valence-corrected chi connectivity index (χ2v) is 5.32. The van der Waals surface area contributed by atoms with Crippen molar-refractivity contribution in [2.24, 2.45) is 0 Å². The maximum Gasteiger partial charge on any atom is 0.157 e. The predicted molar refractivity (Wildman–Crippen MR) is 76.6 cm³/mol. The Morgan fingerprint density at radius 2 is 2.17 bits per heavy atom. The van der Waals surface area contributed by atoms with Crippen LogP contribution in [0.2, 0.25) is 0 Å². The van der Waals surface area contributed by atoms with Crippen molar-refractivity contribution in [2.45, 2.75) is 65.1 Å². The zero-order valence-electron chi connectivity index (χ0n) is 12.0. The van der Waals surface area contributed by atoms with Crippen LogP contribution in [-0.4, -0.2) is 19.5 Å². The summed E-state index contributed by atoms with van der Waals surface area (Å²) in [4.78, 5) is 0. The second-order valence-electron chi connectivity index (χ2n) is 5.32. The molecule has 0 aromatic heterocycles. The van der Waals surface area contributed by atoms with Crippen LogP contribution in [0.5, 0.6) is 0 Å². The smallest absolute Gasteiger partial charge is 0.157 e. The molecule has 1 saturated heterocycles. The second kappa shape index (κ2) is 9.35. The summed E-state index contributed by atoms with van der Waals surface area (Å²) < 4.78 is 11.2. The van der Waals surface area contributed by atoms with Crippen molar-refractivity contribution in [2.75, 3.05) is 13.2 Å². The molecule has 1 heterocycles. The molecule has 0 aromatic carbocycles. The molecule has 1 atom stereocenters. The van der Waals surface area contributed by atoms with Crippen LogP contribution >= 0.6 is 0 Å². The molecule has 0 saturated carbocycles. The van der Waals surface area contributed by atoms with E-state index in [-0.39, 0.29) is 6.29 Å². The van der Waals surface area contributed by atoms with Gasteiger partial charge in [0.05, 0.1) is 6.61 Å². The molecule has 1 unspecified atom stereocenters. The van der Waals surface area contributed by atoms with Crippen LogP contribution in [0.4, 0.5) is 0 Å². The van der Waals surface area contributed by atoms with Gasteiger partial charge in [-0.15, -0.1) is 6.58 Å². The Morgan fingerprint density at radius 1 is 1.33 bits per heavy atom. The Kier molecular flexibility index (Phi) is 8.03. The van der Waals surface area contributed by atoms with Gasteiger partial charge in [-0.3, -0.25) is 0 Å². The fraction of sp³-hybridized carbons (Fsp3) is 0.750. The minimum absolute atomic E-state index is 0.0615. The summed E-state index contributed by atoms with van der Waals surface area (Å²) in [6, 6.07) is 0. The lowest BCUT2D eigenvalue weighted by atomic mass is 10.1. The Bertz CT molecular complexity index is 262. The highest BCUT2D eigenvalue weighted by molar-refractivity contribution is 5.00. The van der Waals surface area contributed by atoms with E-state index in [0.717, 1.165) is 45.3 Å². The third-order valence-electron chi connectivity index (χ3n) is 3.22. The van der Waals surface area contributed by atoms with Crippen LogP contribution in [0.15, 0.2) is 23.8 Å².